The summed E-state index contributed by atoms with van der Waals surface area (Å²) in [6.45, 7) is 3.20. The fourth-order valence-corrected chi connectivity index (χ4v) is 3.01. The Morgan fingerprint density at radius 2 is 1.65 bits per heavy atom. The summed E-state index contributed by atoms with van der Waals surface area (Å²) in [4.78, 5) is 10.9. The molecule has 0 unspecified atom stereocenters. The highest BCUT2D eigenvalue weighted by atomic mass is 16.9. The Hall–Kier alpha value is -0.850. The highest BCUT2D eigenvalue weighted by Crippen LogP contribution is 2.30. The first kappa shape index (κ1) is 18.5. The first-order valence-corrected chi connectivity index (χ1v) is 9.01. The number of hydrogen-bond acceptors (Lipinski definition) is 6. The predicted octanol–water partition coefficient (Wildman–Crippen LogP) is 3.16. The Morgan fingerprint density at radius 3 is 2.30 bits per heavy atom. The molecule has 6 nitrogen and oxygen atoms in total. The largest absolute Gasteiger partial charge is 0.511 e. The van der Waals surface area contributed by atoms with Crippen molar-refractivity contribution in [1.29, 1.82) is 0 Å². The van der Waals surface area contributed by atoms with Gasteiger partial charge in [0, 0.05) is 6.61 Å². The number of unbranched alkanes of at least 4 members (excludes halogenated alkanes) is 8. The summed E-state index contributed by atoms with van der Waals surface area (Å²) in [6.07, 6.45) is 7.81. The number of fused-ring (bicyclic) bond motifs is 1. The summed E-state index contributed by atoms with van der Waals surface area (Å²) in [5.41, 5.74) is 0. The first-order chi connectivity index (χ1) is 11.2. The minimum atomic E-state index is -0.880. The van der Waals surface area contributed by atoms with E-state index in [2.05, 4.69) is 6.92 Å². The molecule has 0 amide bonds. The molecule has 4 atom stereocenters. The number of aliphatic hydroxyl groups is 1. The molecule has 2 heterocycles. The standard InChI is InChI=1S/C17H30O6/c1-2-3-4-5-6-7-8-9-10-11-20-12-13-14(18)15-16(21-13)23-17(19)22-15/h13-16,18H,2-12H2,1H3/t13-,14-,15+,16+/m0/s1. The van der Waals surface area contributed by atoms with Crippen molar-refractivity contribution in [3.8, 4) is 0 Å². The maximum atomic E-state index is 10.9. The lowest BCUT2D eigenvalue weighted by molar-refractivity contribution is -0.110. The number of aliphatic hydroxyl groups excluding tert-OH is 1. The Bertz CT molecular complexity index is 348. The predicted molar refractivity (Wildman–Crippen MR) is 84.1 cm³/mol. The molecule has 23 heavy (non-hydrogen) atoms. The highest BCUT2D eigenvalue weighted by Gasteiger charge is 2.53. The van der Waals surface area contributed by atoms with Crippen molar-refractivity contribution in [1.82, 2.24) is 0 Å². The van der Waals surface area contributed by atoms with Crippen LogP contribution in [0.3, 0.4) is 0 Å². The van der Waals surface area contributed by atoms with Crippen molar-refractivity contribution in [3.63, 3.8) is 0 Å². The average molecular weight is 330 g/mol. The van der Waals surface area contributed by atoms with Gasteiger partial charge < -0.3 is 24.1 Å². The second-order valence-corrected chi connectivity index (χ2v) is 6.39. The third-order valence-corrected chi connectivity index (χ3v) is 4.41. The van der Waals surface area contributed by atoms with Crippen molar-refractivity contribution in [2.75, 3.05) is 13.2 Å². The Balaban J connectivity index is 1.41. The number of rotatable bonds is 12. The SMILES string of the molecule is CCCCCCCCCCCOC[C@@H]1O[C@@H]2OC(=O)O[C@@H]2[C@H]1O. The van der Waals surface area contributed by atoms with Gasteiger partial charge in [0.25, 0.3) is 0 Å². The Labute approximate surface area is 138 Å². The molecular formula is C17H30O6. The van der Waals surface area contributed by atoms with Gasteiger partial charge in [-0.05, 0) is 6.42 Å². The number of carbonyl (C=O) groups is 1. The molecule has 1 N–H and O–H groups in total. The molecule has 2 aliphatic heterocycles. The molecule has 2 aliphatic rings. The van der Waals surface area contributed by atoms with Crippen molar-refractivity contribution in [3.05, 3.63) is 0 Å². The molecule has 0 spiro atoms. The van der Waals surface area contributed by atoms with Gasteiger partial charge in [0.2, 0.25) is 6.29 Å². The normalized spacial score (nSPS) is 29.4. The molecule has 0 saturated carbocycles. The number of carbonyl (C=O) groups excluding carboxylic acids is 1. The van der Waals surface area contributed by atoms with Gasteiger partial charge in [-0.25, -0.2) is 4.79 Å². The molecule has 0 bridgehead atoms. The third kappa shape index (κ3) is 5.94. The summed E-state index contributed by atoms with van der Waals surface area (Å²) in [5, 5.41) is 9.98. The van der Waals surface area contributed by atoms with Crippen molar-refractivity contribution in [2.24, 2.45) is 0 Å². The molecule has 0 radical (unpaired) electrons. The monoisotopic (exact) mass is 330 g/mol. The summed E-state index contributed by atoms with van der Waals surface area (Å²) in [5.74, 6) is 0. The number of hydrogen-bond donors (Lipinski definition) is 1. The lowest BCUT2D eigenvalue weighted by Crippen LogP contribution is -2.34. The quantitative estimate of drug-likeness (QED) is 0.438. The minimum Gasteiger partial charge on any atom is -0.421 e. The van der Waals surface area contributed by atoms with Gasteiger partial charge in [0.1, 0.15) is 12.2 Å². The van der Waals surface area contributed by atoms with Gasteiger partial charge in [-0.1, -0.05) is 58.3 Å². The van der Waals surface area contributed by atoms with E-state index in [1.54, 1.807) is 0 Å². The van der Waals surface area contributed by atoms with E-state index in [0.717, 1.165) is 6.42 Å². The molecule has 2 saturated heterocycles. The van der Waals surface area contributed by atoms with E-state index in [-0.39, 0.29) is 0 Å². The second kappa shape index (κ2) is 10.1. The molecule has 0 aromatic heterocycles. The highest BCUT2D eigenvalue weighted by molar-refractivity contribution is 5.62. The fraction of sp³-hybridized carbons (Fsp3) is 0.941. The van der Waals surface area contributed by atoms with Crippen LogP contribution >= 0.6 is 0 Å². The van der Waals surface area contributed by atoms with Crippen LogP contribution in [0.25, 0.3) is 0 Å². The van der Waals surface area contributed by atoms with Gasteiger partial charge in [0.15, 0.2) is 6.10 Å². The number of ether oxygens (including phenoxy) is 4. The van der Waals surface area contributed by atoms with Crippen molar-refractivity contribution < 1.29 is 28.8 Å². The zero-order chi connectivity index (χ0) is 16.5. The topological polar surface area (TPSA) is 74.2 Å². The molecule has 6 heteroatoms. The second-order valence-electron chi connectivity index (χ2n) is 6.39. The van der Waals surface area contributed by atoms with E-state index in [1.165, 1.54) is 51.4 Å². The molecule has 0 aromatic carbocycles. The van der Waals surface area contributed by atoms with Crippen molar-refractivity contribution >= 4 is 6.16 Å². The van der Waals surface area contributed by atoms with E-state index in [9.17, 15) is 9.90 Å². The van der Waals surface area contributed by atoms with Crippen LogP contribution < -0.4 is 0 Å². The van der Waals surface area contributed by atoms with Gasteiger partial charge >= 0.3 is 6.16 Å². The first-order valence-electron chi connectivity index (χ1n) is 9.01. The molecule has 0 aromatic rings. The van der Waals surface area contributed by atoms with Gasteiger partial charge in [-0.3, -0.25) is 0 Å². The van der Waals surface area contributed by atoms with Crippen LogP contribution in [0.4, 0.5) is 4.79 Å². The Morgan fingerprint density at radius 1 is 1.00 bits per heavy atom. The van der Waals surface area contributed by atoms with Crippen LogP contribution in [0.1, 0.15) is 64.7 Å². The maximum Gasteiger partial charge on any atom is 0.511 e. The zero-order valence-corrected chi connectivity index (χ0v) is 14.1. The molecular weight excluding hydrogens is 300 g/mol. The Kier molecular flexibility index (Phi) is 8.12. The van der Waals surface area contributed by atoms with Crippen LogP contribution in [0.2, 0.25) is 0 Å². The average Bonchev–Trinajstić information content (AvgIpc) is 3.03. The van der Waals surface area contributed by atoms with Crippen LogP contribution in [0.5, 0.6) is 0 Å². The van der Waals surface area contributed by atoms with Crippen molar-refractivity contribution in [2.45, 2.75) is 89.3 Å². The summed E-state index contributed by atoms with van der Waals surface area (Å²) >= 11 is 0. The van der Waals surface area contributed by atoms with Gasteiger partial charge in [0.05, 0.1) is 6.61 Å². The lowest BCUT2D eigenvalue weighted by Gasteiger charge is -2.15. The summed E-state index contributed by atoms with van der Waals surface area (Å²) in [7, 11) is 0. The smallest absolute Gasteiger partial charge is 0.421 e. The van der Waals surface area contributed by atoms with E-state index < -0.39 is 30.8 Å². The maximum absolute atomic E-state index is 10.9. The lowest BCUT2D eigenvalue weighted by atomic mass is 10.1. The van der Waals surface area contributed by atoms with E-state index >= 15 is 0 Å². The van der Waals surface area contributed by atoms with Gasteiger partial charge in [-0.15, -0.1) is 0 Å². The van der Waals surface area contributed by atoms with Crippen LogP contribution in [0, 0.1) is 0 Å². The molecule has 2 rings (SSSR count). The van der Waals surface area contributed by atoms with E-state index in [1.807, 2.05) is 0 Å². The third-order valence-electron chi connectivity index (χ3n) is 4.41. The van der Waals surface area contributed by atoms with E-state index in [0.29, 0.717) is 13.2 Å². The fourth-order valence-electron chi connectivity index (χ4n) is 3.01. The van der Waals surface area contributed by atoms with E-state index in [4.69, 9.17) is 18.9 Å². The summed E-state index contributed by atoms with van der Waals surface area (Å²) < 4.78 is 20.6. The van der Waals surface area contributed by atoms with Gasteiger partial charge in [-0.2, -0.15) is 0 Å². The zero-order valence-electron chi connectivity index (χ0n) is 14.1. The van der Waals surface area contributed by atoms with Crippen LogP contribution in [-0.4, -0.2) is 49.1 Å². The summed E-state index contributed by atoms with van der Waals surface area (Å²) in [6, 6.07) is 0. The molecule has 0 aliphatic carbocycles. The van der Waals surface area contributed by atoms with Crippen LogP contribution in [0.15, 0.2) is 0 Å². The molecule has 2 fully saturated rings. The molecule has 134 valence electrons. The minimum absolute atomic E-state index is 0.298. The van der Waals surface area contributed by atoms with Crippen LogP contribution in [-0.2, 0) is 18.9 Å².